The number of rotatable bonds is 9. The zero-order valence-electron chi connectivity index (χ0n) is 16.7. The van der Waals surface area contributed by atoms with Gasteiger partial charge >= 0.3 is 0 Å². The van der Waals surface area contributed by atoms with Crippen LogP contribution >= 0.6 is 0 Å². The lowest BCUT2D eigenvalue weighted by Gasteiger charge is -2.37. The van der Waals surface area contributed by atoms with Gasteiger partial charge in [0.2, 0.25) is 0 Å². The molecule has 0 bridgehead atoms. The quantitative estimate of drug-likeness (QED) is 0.700. The van der Waals surface area contributed by atoms with Gasteiger partial charge in [-0.25, -0.2) is 0 Å². The standard InChI is InChI=1S/C21H32N4O/c1-6-11-16-14-19(22-15-21(4,5)25(7-2)8-3)23-24-20(16)17-12-9-10-13-18(17)26/h9-10,12-14,26H,6-8,11,15H2,1-5H3,(H,22,23). The van der Waals surface area contributed by atoms with E-state index in [0.717, 1.165) is 55.1 Å². The summed E-state index contributed by atoms with van der Waals surface area (Å²) in [4.78, 5) is 2.43. The third-order valence-electron chi connectivity index (χ3n) is 4.87. The van der Waals surface area contributed by atoms with Crippen LogP contribution in [0.5, 0.6) is 5.75 Å². The Morgan fingerprint density at radius 1 is 1.08 bits per heavy atom. The van der Waals surface area contributed by atoms with Crippen molar-refractivity contribution in [1.82, 2.24) is 15.1 Å². The minimum atomic E-state index is 0.0342. The monoisotopic (exact) mass is 356 g/mol. The molecule has 0 atom stereocenters. The Labute approximate surface area is 157 Å². The van der Waals surface area contributed by atoms with Gasteiger partial charge in [0.25, 0.3) is 0 Å². The molecule has 26 heavy (non-hydrogen) atoms. The van der Waals surface area contributed by atoms with E-state index in [-0.39, 0.29) is 11.3 Å². The first-order valence-corrected chi connectivity index (χ1v) is 9.56. The molecule has 0 radical (unpaired) electrons. The molecule has 5 nitrogen and oxygen atoms in total. The molecule has 0 saturated heterocycles. The van der Waals surface area contributed by atoms with Crippen molar-refractivity contribution in [3.63, 3.8) is 0 Å². The first-order valence-electron chi connectivity index (χ1n) is 9.56. The van der Waals surface area contributed by atoms with E-state index in [1.807, 2.05) is 18.2 Å². The summed E-state index contributed by atoms with van der Waals surface area (Å²) in [6, 6.07) is 9.36. The Kier molecular flexibility index (Phi) is 6.98. The lowest BCUT2D eigenvalue weighted by molar-refractivity contribution is 0.147. The highest BCUT2D eigenvalue weighted by atomic mass is 16.3. The molecule has 2 rings (SSSR count). The van der Waals surface area contributed by atoms with E-state index in [0.29, 0.717) is 0 Å². The van der Waals surface area contributed by atoms with Crippen molar-refractivity contribution < 1.29 is 5.11 Å². The number of hydrogen-bond donors (Lipinski definition) is 2. The second kappa shape index (κ2) is 8.99. The van der Waals surface area contributed by atoms with E-state index in [9.17, 15) is 5.11 Å². The number of para-hydroxylation sites is 1. The van der Waals surface area contributed by atoms with E-state index in [1.54, 1.807) is 6.07 Å². The second-order valence-corrected chi connectivity index (χ2v) is 7.21. The molecule has 2 N–H and O–H groups in total. The summed E-state index contributed by atoms with van der Waals surface area (Å²) in [6.45, 7) is 13.8. The molecule has 0 amide bonds. The molecule has 1 aromatic heterocycles. The normalized spacial score (nSPS) is 11.8. The van der Waals surface area contributed by atoms with Gasteiger partial charge in [0, 0.05) is 17.6 Å². The number of phenolic OH excluding ortho intramolecular Hbond substituents is 1. The molecule has 0 unspecified atom stereocenters. The number of likely N-dealkylation sites (N-methyl/N-ethyl adjacent to an activating group) is 1. The number of hydrogen-bond acceptors (Lipinski definition) is 5. The van der Waals surface area contributed by atoms with Crippen molar-refractivity contribution in [3.8, 4) is 17.0 Å². The molecule has 2 aromatic rings. The van der Waals surface area contributed by atoms with Crippen molar-refractivity contribution in [2.75, 3.05) is 25.0 Å². The Hall–Kier alpha value is -2.14. The van der Waals surface area contributed by atoms with Gasteiger partial charge in [-0.1, -0.05) is 39.3 Å². The Bertz CT molecular complexity index is 711. The van der Waals surface area contributed by atoms with E-state index >= 15 is 0 Å². The minimum Gasteiger partial charge on any atom is -0.507 e. The molecule has 142 valence electrons. The predicted molar refractivity (Wildman–Crippen MR) is 109 cm³/mol. The van der Waals surface area contributed by atoms with Gasteiger partial charge < -0.3 is 10.4 Å². The number of nitrogens with zero attached hydrogens (tertiary/aromatic N) is 3. The Morgan fingerprint density at radius 3 is 2.38 bits per heavy atom. The highest BCUT2D eigenvalue weighted by Crippen LogP contribution is 2.30. The van der Waals surface area contributed by atoms with Crippen LogP contribution in [0.1, 0.15) is 46.6 Å². The van der Waals surface area contributed by atoms with Gasteiger partial charge in [-0.3, -0.25) is 4.90 Å². The summed E-state index contributed by atoms with van der Waals surface area (Å²) in [7, 11) is 0. The first kappa shape index (κ1) is 20.2. The molecule has 0 aliphatic heterocycles. The highest BCUT2D eigenvalue weighted by molar-refractivity contribution is 5.70. The summed E-state index contributed by atoms with van der Waals surface area (Å²) in [6.07, 6.45) is 1.91. The fourth-order valence-electron chi connectivity index (χ4n) is 3.38. The zero-order valence-corrected chi connectivity index (χ0v) is 16.7. The molecule has 5 heteroatoms. The maximum Gasteiger partial charge on any atom is 0.149 e. The summed E-state index contributed by atoms with van der Waals surface area (Å²) in [5.41, 5.74) is 2.64. The average molecular weight is 357 g/mol. The molecule has 1 aromatic carbocycles. The minimum absolute atomic E-state index is 0.0342. The summed E-state index contributed by atoms with van der Waals surface area (Å²) in [5, 5.41) is 22.4. The third-order valence-corrected chi connectivity index (χ3v) is 4.87. The average Bonchev–Trinajstić information content (AvgIpc) is 2.62. The van der Waals surface area contributed by atoms with Crippen LogP contribution in [0, 0.1) is 0 Å². The number of aromatic hydroxyl groups is 1. The number of nitrogens with one attached hydrogen (secondary N) is 1. The molecular formula is C21H32N4O. The summed E-state index contributed by atoms with van der Waals surface area (Å²) < 4.78 is 0. The molecule has 0 aliphatic rings. The number of phenols is 1. The summed E-state index contributed by atoms with van der Waals surface area (Å²) in [5.74, 6) is 1.02. The van der Waals surface area contributed by atoms with Crippen LogP contribution in [-0.2, 0) is 6.42 Å². The van der Waals surface area contributed by atoms with Crippen LogP contribution in [0.3, 0.4) is 0 Å². The molecule has 0 aliphatic carbocycles. The second-order valence-electron chi connectivity index (χ2n) is 7.21. The first-order chi connectivity index (χ1) is 12.4. The molecule has 1 heterocycles. The van der Waals surface area contributed by atoms with Crippen molar-refractivity contribution in [2.45, 2.75) is 53.0 Å². The van der Waals surface area contributed by atoms with Crippen LogP contribution < -0.4 is 5.32 Å². The summed E-state index contributed by atoms with van der Waals surface area (Å²) >= 11 is 0. The van der Waals surface area contributed by atoms with Crippen molar-refractivity contribution in [3.05, 3.63) is 35.9 Å². The number of benzene rings is 1. The van der Waals surface area contributed by atoms with E-state index in [4.69, 9.17) is 0 Å². The van der Waals surface area contributed by atoms with E-state index < -0.39 is 0 Å². The maximum atomic E-state index is 10.2. The van der Waals surface area contributed by atoms with Crippen molar-refractivity contribution in [2.24, 2.45) is 0 Å². The van der Waals surface area contributed by atoms with Gasteiger partial charge in [-0.2, -0.15) is 0 Å². The molecule has 0 spiro atoms. The lowest BCUT2D eigenvalue weighted by Crippen LogP contribution is -2.48. The predicted octanol–water partition coefficient (Wildman–Crippen LogP) is 4.33. The van der Waals surface area contributed by atoms with E-state index in [1.165, 1.54) is 0 Å². The third kappa shape index (κ3) is 4.73. The molecule has 0 fully saturated rings. The maximum absolute atomic E-state index is 10.2. The van der Waals surface area contributed by atoms with Crippen molar-refractivity contribution in [1.29, 1.82) is 0 Å². The number of aromatic nitrogens is 2. The van der Waals surface area contributed by atoms with Crippen molar-refractivity contribution >= 4 is 5.82 Å². The lowest BCUT2D eigenvalue weighted by atomic mass is 10.0. The van der Waals surface area contributed by atoms with Gasteiger partial charge in [0.15, 0.2) is 0 Å². The van der Waals surface area contributed by atoms with Crippen LogP contribution in [0.15, 0.2) is 30.3 Å². The molecule has 0 saturated carbocycles. The van der Waals surface area contributed by atoms with Gasteiger partial charge in [0.05, 0.1) is 5.69 Å². The van der Waals surface area contributed by atoms with Gasteiger partial charge in [0.1, 0.15) is 11.6 Å². The fraction of sp³-hybridized carbons (Fsp3) is 0.524. The highest BCUT2D eigenvalue weighted by Gasteiger charge is 2.24. The largest absolute Gasteiger partial charge is 0.507 e. The topological polar surface area (TPSA) is 61.3 Å². The number of aryl methyl sites for hydroxylation is 1. The fourth-order valence-corrected chi connectivity index (χ4v) is 3.38. The van der Waals surface area contributed by atoms with E-state index in [2.05, 4.69) is 61.1 Å². The van der Waals surface area contributed by atoms with Gasteiger partial charge in [-0.05, 0) is 57.1 Å². The van der Waals surface area contributed by atoms with Gasteiger partial charge in [-0.15, -0.1) is 10.2 Å². The van der Waals surface area contributed by atoms with Crippen LogP contribution in [0.4, 0.5) is 5.82 Å². The van der Waals surface area contributed by atoms with Crippen LogP contribution in [0.25, 0.3) is 11.3 Å². The van der Waals surface area contributed by atoms with Crippen LogP contribution in [-0.4, -0.2) is 45.4 Å². The zero-order chi connectivity index (χ0) is 19.2. The molecular weight excluding hydrogens is 324 g/mol. The Balaban J connectivity index is 2.24. The SMILES string of the molecule is CCCc1cc(NCC(C)(C)N(CC)CC)nnc1-c1ccccc1O. The number of anilines is 1. The Morgan fingerprint density at radius 2 is 1.77 bits per heavy atom. The smallest absolute Gasteiger partial charge is 0.149 e. The van der Waals surface area contributed by atoms with Crippen LogP contribution in [0.2, 0.25) is 0 Å².